The molecule has 3 atom stereocenters. The van der Waals surface area contributed by atoms with Gasteiger partial charge in [0.25, 0.3) is 0 Å². The maximum absolute atomic E-state index is 13.0. The highest BCUT2D eigenvalue weighted by Gasteiger charge is 2.45. The summed E-state index contributed by atoms with van der Waals surface area (Å²) in [7, 11) is 0. The summed E-state index contributed by atoms with van der Waals surface area (Å²) in [5, 5.41) is 8.03. The Morgan fingerprint density at radius 2 is 2.05 bits per heavy atom. The summed E-state index contributed by atoms with van der Waals surface area (Å²) >= 11 is 0. The molecule has 2 N–H and O–H groups in total. The minimum atomic E-state index is -4.15. The van der Waals surface area contributed by atoms with Crippen molar-refractivity contribution < 1.29 is 13.2 Å². The van der Waals surface area contributed by atoms with E-state index in [-0.39, 0.29) is 30.5 Å². The lowest BCUT2D eigenvalue weighted by Gasteiger charge is -2.34. The molecule has 1 aliphatic rings. The van der Waals surface area contributed by atoms with Crippen molar-refractivity contribution >= 4 is 11.5 Å². The smallest absolute Gasteiger partial charge is 0.381 e. The van der Waals surface area contributed by atoms with Crippen LogP contribution in [0.5, 0.6) is 0 Å². The summed E-state index contributed by atoms with van der Waals surface area (Å²) in [6.07, 6.45) is -0.242. The van der Waals surface area contributed by atoms with Crippen LogP contribution in [0.3, 0.4) is 0 Å². The second-order valence-corrected chi connectivity index (χ2v) is 5.70. The average Bonchev–Trinajstić information content (AvgIpc) is 2.83. The standard InChI is InChI=1S/C13H16F3N5/c1-7-2-3-8(13(14,15)16)6-9(7)11-19-20-12-10(17)18-4-5-21(11)12/h4-5,7-9H,2-3,6H2,1H3,(H2,17,18). The number of hydrogen-bond acceptors (Lipinski definition) is 4. The first-order chi connectivity index (χ1) is 9.88. The number of nitrogens with zero attached hydrogens (tertiary/aromatic N) is 4. The van der Waals surface area contributed by atoms with Crippen LogP contribution < -0.4 is 5.73 Å². The lowest BCUT2D eigenvalue weighted by atomic mass is 9.74. The van der Waals surface area contributed by atoms with E-state index in [9.17, 15) is 13.2 Å². The molecule has 0 bridgehead atoms. The van der Waals surface area contributed by atoms with Gasteiger partial charge in [0.1, 0.15) is 5.82 Å². The normalized spacial score (nSPS) is 27.1. The molecule has 0 radical (unpaired) electrons. The van der Waals surface area contributed by atoms with E-state index in [2.05, 4.69) is 15.2 Å². The van der Waals surface area contributed by atoms with E-state index >= 15 is 0 Å². The summed E-state index contributed by atoms with van der Waals surface area (Å²) in [4.78, 5) is 3.91. The maximum atomic E-state index is 13.0. The van der Waals surface area contributed by atoms with Crippen LogP contribution in [-0.4, -0.2) is 25.8 Å². The van der Waals surface area contributed by atoms with E-state index in [1.54, 1.807) is 10.6 Å². The van der Waals surface area contributed by atoms with E-state index in [0.29, 0.717) is 17.9 Å². The Hall–Kier alpha value is -1.86. The van der Waals surface area contributed by atoms with Crippen LogP contribution in [-0.2, 0) is 0 Å². The molecule has 5 nitrogen and oxygen atoms in total. The molecule has 3 unspecified atom stereocenters. The Morgan fingerprint density at radius 3 is 2.76 bits per heavy atom. The Kier molecular flexibility index (Phi) is 3.26. The quantitative estimate of drug-likeness (QED) is 0.879. The van der Waals surface area contributed by atoms with Crippen LogP contribution in [0, 0.1) is 11.8 Å². The zero-order valence-corrected chi connectivity index (χ0v) is 11.5. The molecule has 21 heavy (non-hydrogen) atoms. The molecular weight excluding hydrogens is 283 g/mol. The van der Waals surface area contributed by atoms with Gasteiger partial charge in [-0.2, -0.15) is 13.2 Å². The Balaban J connectivity index is 1.98. The number of halogens is 3. The van der Waals surface area contributed by atoms with Gasteiger partial charge >= 0.3 is 6.18 Å². The number of hydrogen-bond donors (Lipinski definition) is 1. The predicted molar refractivity (Wildman–Crippen MR) is 70.5 cm³/mol. The minimum Gasteiger partial charge on any atom is -0.381 e. The van der Waals surface area contributed by atoms with E-state index in [1.807, 2.05) is 6.92 Å². The van der Waals surface area contributed by atoms with Gasteiger partial charge < -0.3 is 5.73 Å². The SMILES string of the molecule is CC1CCC(C(F)(F)F)CC1c1nnc2c(N)nccn12. The molecular formula is C13H16F3N5. The zero-order valence-electron chi connectivity index (χ0n) is 11.5. The number of aromatic nitrogens is 4. The molecule has 0 aliphatic heterocycles. The second kappa shape index (κ2) is 4.85. The van der Waals surface area contributed by atoms with Crippen LogP contribution in [0.15, 0.2) is 12.4 Å². The van der Waals surface area contributed by atoms with Gasteiger partial charge in [0.2, 0.25) is 5.65 Å². The molecule has 0 spiro atoms. The van der Waals surface area contributed by atoms with Crippen molar-refractivity contribution in [1.82, 2.24) is 19.6 Å². The van der Waals surface area contributed by atoms with Crippen LogP contribution >= 0.6 is 0 Å². The van der Waals surface area contributed by atoms with Crippen molar-refractivity contribution in [3.63, 3.8) is 0 Å². The summed E-state index contributed by atoms with van der Waals surface area (Å²) in [6, 6.07) is 0. The fourth-order valence-corrected chi connectivity index (χ4v) is 3.10. The molecule has 1 aliphatic carbocycles. The van der Waals surface area contributed by atoms with E-state index < -0.39 is 12.1 Å². The lowest BCUT2D eigenvalue weighted by Crippen LogP contribution is -2.32. The summed E-state index contributed by atoms with van der Waals surface area (Å²) < 4.78 is 40.6. The maximum Gasteiger partial charge on any atom is 0.391 e. The highest BCUT2D eigenvalue weighted by molar-refractivity contribution is 5.58. The molecule has 2 aromatic heterocycles. The summed E-state index contributed by atoms with van der Waals surface area (Å²) in [5.74, 6) is -0.648. The van der Waals surface area contributed by atoms with Gasteiger partial charge in [0.05, 0.1) is 5.92 Å². The Labute approximate surface area is 119 Å². The third-order valence-electron chi connectivity index (χ3n) is 4.37. The first-order valence-corrected chi connectivity index (χ1v) is 6.89. The van der Waals surface area contributed by atoms with Gasteiger partial charge in [-0.1, -0.05) is 6.92 Å². The fraction of sp³-hybridized carbons (Fsp3) is 0.615. The molecule has 3 rings (SSSR count). The van der Waals surface area contributed by atoms with Gasteiger partial charge in [-0.25, -0.2) is 4.98 Å². The topological polar surface area (TPSA) is 69.1 Å². The number of nitrogens with two attached hydrogens (primary N) is 1. The van der Waals surface area contributed by atoms with Gasteiger partial charge in [-0.15, -0.1) is 10.2 Å². The molecule has 114 valence electrons. The van der Waals surface area contributed by atoms with Crippen molar-refractivity contribution in [2.24, 2.45) is 11.8 Å². The zero-order chi connectivity index (χ0) is 15.2. The van der Waals surface area contributed by atoms with Crippen molar-refractivity contribution in [1.29, 1.82) is 0 Å². The monoisotopic (exact) mass is 299 g/mol. The van der Waals surface area contributed by atoms with Crippen molar-refractivity contribution in [3.05, 3.63) is 18.2 Å². The highest BCUT2D eigenvalue weighted by Crippen LogP contribution is 2.45. The average molecular weight is 299 g/mol. The fourth-order valence-electron chi connectivity index (χ4n) is 3.10. The number of alkyl halides is 3. The molecule has 0 aromatic carbocycles. The molecule has 1 fully saturated rings. The number of rotatable bonds is 1. The Morgan fingerprint density at radius 1 is 1.29 bits per heavy atom. The highest BCUT2D eigenvalue weighted by atomic mass is 19.4. The number of anilines is 1. The van der Waals surface area contributed by atoms with Crippen molar-refractivity contribution in [2.75, 3.05) is 5.73 Å². The Bertz CT molecular complexity index is 651. The van der Waals surface area contributed by atoms with E-state index in [1.165, 1.54) is 6.20 Å². The van der Waals surface area contributed by atoms with E-state index in [0.717, 1.165) is 0 Å². The van der Waals surface area contributed by atoms with Crippen LogP contribution in [0.25, 0.3) is 5.65 Å². The molecule has 0 saturated heterocycles. The molecule has 0 amide bonds. The van der Waals surface area contributed by atoms with Gasteiger partial charge in [-0.3, -0.25) is 4.40 Å². The summed E-state index contributed by atoms with van der Waals surface area (Å²) in [6.45, 7) is 1.96. The minimum absolute atomic E-state index is 0.0493. The second-order valence-electron chi connectivity index (χ2n) is 5.70. The third kappa shape index (κ3) is 2.43. The largest absolute Gasteiger partial charge is 0.391 e. The van der Waals surface area contributed by atoms with Gasteiger partial charge in [0.15, 0.2) is 5.82 Å². The lowest BCUT2D eigenvalue weighted by molar-refractivity contribution is -0.185. The first-order valence-electron chi connectivity index (χ1n) is 6.89. The van der Waals surface area contributed by atoms with Gasteiger partial charge in [-0.05, 0) is 25.2 Å². The van der Waals surface area contributed by atoms with E-state index in [4.69, 9.17) is 5.73 Å². The number of fused-ring (bicyclic) bond motifs is 1. The molecule has 1 saturated carbocycles. The summed E-state index contributed by atoms with van der Waals surface area (Å²) in [5.41, 5.74) is 6.11. The van der Waals surface area contributed by atoms with Gasteiger partial charge in [0, 0.05) is 18.3 Å². The van der Waals surface area contributed by atoms with Crippen molar-refractivity contribution in [2.45, 2.75) is 38.3 Å². The van der Waals surface area contributed by atoms with Crippen LogP contribution in [0.1, 0.15) is 37.9 Å². The van der Waals surface area contributed by atoms with Crippen LogP contribution in [0.4, 0.5) is 19.0 Å². The predicted octanol–water partition coefficient (Wildman–Crippen LogP) is 2.79. The molecule has 8 heteroatoms. The first kappa shape index (κ1) is 14.1. The third-order valence-corrected chi connectivity index (χ3v) is 4.37. The van der Waals surface area contributed by atoms with Crippen LogP contribution in [0.2, 0.25) is 0 Å². The molecule has 2 aromatic rings. The van der Waals surface area contributed by atoms with Crippen molar-refractivity contribution in [3.8, 4) is 0 Å². The molecule has 2 heterocycles. The number of nitrogen functional groups attached to an aromatic ring is 1.